The maximum Gasteiger partial charge on any atom is 0.186 e. The third-order valence-electron chi connectivity index (χ3n) is 1.50. The van der Waals surface area contributed by atoms with Crippen LogP contribution in [0.15, 0.2) is 34.1 Å². The van der Waals surface area contributed by atoms with E-state index in [2.05, 4.69) is 6.92 Å². The van der Waals surface area contributed by atoms with Gasteiger partial charge in [0.15, 0.2) is 11.1 Å². The van der Waals surface area contributed by atoms with Crippen molar-refractivity contribution in [3.63, 3.8) is 0 Å². The minimum atomic E-state index is -1.85. The van der Waals surface area contributed by atoms with Crippen LogP contribution in [0.4, 0.5) is 0 Å². The third-order valence-corrected chi connectivity index (χ3v) is 3.39. The van der Waals surface area contributed by atoms with E-state index >= 15 is 0 Å². The molecule has 0 saturated heterocycles. The quantitative estimate of drug-likeness (QED) is 0.621. The van der Waals surface area contributed by atoms with Crippen LogP contribution in [0.2, 0.25) is 0 Å². The maximum atomic E-state index is 10.6. The van der Waals surface area contributed by atoms with Crippen molar-refractivity contribution in [2.45, 2.75) is 23.1 Å². The van der Waals surface area contributed by atoms with E-state index in [0.717, 1.165) is 17.1 Å². The molecule has 0 saturated carbocycles. The highest BCUT2D eigenvalue weighted by Gasteiger charge is 1.98. The van der Waals surface area contributed by atoms with Gasteiger partial charge in [0, 0.05) is 4.90 Å². The van der Waals surface area contributed by atoms with Crippen LogP contribution in [-0.2, 0) is 11.1 Å². The molecule has 1 aromatic carbocycles. The highest BCUT2D eigenvalue weighted by molar-refractivity contribution is 7.99. The zero-order chi connectivity index (χ0) is 9.68. The molecule has 1 aromatic rings. The number of thioether (sulfide) groups is 1. The molecule has 0 spiro atoms. The van der Waals surface area contributed by atoms with Gasteiger partial charge in [-0.05, 0) is 36.4 Å². The van der Waals surface area contributed by atoms with Gasteiger partial charge in [-0.25, -0.2) is 4.21 Å². The molecule has 4 heteroatoms. The summed E-state index contributed by atoms with van der Waals surface area (Å²) in [7, 11) is 0. The largest absolute Gasteiger partial charge is 0.302 e. The molecule has 0 aliphatic rings. The fraction of sp³-hybridized carbons (Fsp3) is 0.333. The first-order chi connectivity index (χ1) is 6.24. The monoisotopic (exact) mass is 216 g/mol. The molecule has 13 heavy (non-hydrogen) atoms. The molecule has 0 fully saturated rings. The van der Waals surface area contributed by atoms with Crippen molar-refractivity contribution in [2.75, 3.05) is 5.75 Å². The van der Waals surface area contributed by atoms with E-state index in [1.165, 1.54) is 0 Å². The number of hydrogen-bond donors (Lipinski definition) is 1. The van der Waals surface area contributed by atoms with Crippen LogP contribution >= 0.6 is 11.8 Å². The first-order valence-electron chi connectivity index (χ1n) is 4.07. The highest BCUT2D eigenvalue weighted by atomic mass is 32.2. The van der Waals surface area contributed by atoms with Crippen LogP contribution in [0.3, 0.4) is 0 Å². The molecule has 1 rings (SSSR count). The molecule has 1 N–H and O–H groups in total. The molecular formula is C9H12O2S2. The summed E-state index contributed by atoms with van der Waals surface area (Å²) >= 11 is -0.0920. The highest BCUT2D eigenvalue weighted by Crippen LogP contribution is 2.19. The zero-order valence-electron chi connectivity index (χ0n) is 7.40. The Hall–Kier alpha value is -0.320. The molecule has 2 nitrogen and oxygen atoms in total. The van der Waals surface area contributed by atoms with E-state index in [1.54, 1.807) is 23.9 Å². The van der Waals surface area contributed by atoms with E-state index in [0.29, 0.717) is 4.90 Å². The number of rotatable bonds is 4. The van der Waals surface area contributed by atoms with E-state index in [1.807, 2.05) is 12.1 Å². The standard InChI is InChI=1S/C9H12O2S2/c1-2-7-12-8-3-5-9(6-4-8)13(10)11/h3-6H,2,7H2,1H3,(H,10,11). The normalized spacial score (nSPS) is 12.8. The lowest BCUT2D eigenvalue weighted by Gasteiger charge is -1.99. The molecule has 0 aliphatic carbocycles. The first-order valence-corrected chi connectivity index (χ1v) is 6.17. The van der Waals surface area contributed by atoms with Crippen LogP contribution in [0.5, 0.6) is 0 Å². The summed E-state index contributed by atoms with van der Waals surface area (Å²) in [6.07, 6.45) is 1.14. The molecule has 0 amide bonds. The third kappa shape index (κ3) is 3.50. The van der Waals surface area contributed by atoms with Gasteiger partial charge in [0.1, 0.15) is 0 Å². The SMILES string of the molecule is CCCSc1ccc(S(=O)O)cc1. The van der Waals surface area contributed by atoms with Crippen molar-refractivity contribution in [3.05, 3.63) is 24.3 Å². The fourth-order valence-electron chi connectivity index (χ4n) is 0.872. The topological polar surface area (TPSA) is 37.3 Å². The Morgan fingerprint density at radius 2 is 2.00 bits per heavy atom. The van der Waals surface area contributed by atoms with E-state index in [-0.39, 0.29) is 0 Å². The van der Waals surface area contributed by atoms with Gasteiger partial charge in [0.2, 0.25) is 0 Å². The lowest BCUT2D eigenvalue weighted by atomic mass is 10.4. The van der Waals surface area contributed by atoms with Gasteiger partial charge in [-0.15, -0.1) is 11.8 Å². The van der Waals surface area contributed by atoms with E-state index < -0.39 is 11.1 Å². The van der Waals surface area contributed by atoms with E-state index in [9.17, 15) is 4.21 Å². The Kier molecular flexibility index (Phi) is 4.48. The van der Waals surface area contributed by atoms with Gasteiger partial charge in [0.25, 0.3) is 0 Å². The molecule has 1 unspecified atom stereocenters. The maximum absolute atomic E-state index is 10.6. The van der Waals surface area contributed by atoms with Gasteiger partial charge < -0.3 is 4.55 Å². The first kappa shape index (κ1) is 10.8. The fourth-order valence-corrected chi connectivity index (χ4v) is 2.01. The predicted molar refractivity (Wildman–Crippen MR) is 56.5 cm³/mol. The summed E-state index contributed by atoms with van der Waals surface area (Å²) in [5.74, 6) is 1.08. The summed E-state index contributed by atoms with van der Waals surface area (Å²) in [6, 6.07) is 7.13. The van der Waals surface area contributed by atoms with Crippen molar-refractivity contribution >= 4 is 22.8 Å². The van der Waals surface area contributed by atoms with Crippen LogP contribution in [0.1, 0.15) is 13.3 Å². The summed E-state index contributed by atoms with van der Waals surface area (Å²) in [5.41, 5.74) is 0. The van der Waals surface area contributed by atoms with Crippen LogP contribution in [0, 0.1) is 0 Å². The van der Waals surface area contributed by atoms with Crippen LogP contribution in [-0.4, -0.2) is 14.5 Å². The molecule has 0 aromatic heterocycles. The molecule has 1 atom stereocenters. The van der Waals surface area contributed by atoms with Gasteiger partial charge in [-0.3, -0.25) is 0 Å². The molecule has 0 aliphatic heterocycles. The molecule has 72 valence electrons. The predicted octanol–water partition coefficient (Wildman–Crippen LogP) is 2.77. The van der Waals surface area contributed by atoms with Crippen molar-refractivity contribution < 1.29 is 8.76 Å². The summed E-state index contributed by atoms with van der Waals surface area (Å²) in [5, 5.41) is 0. The van der Waals surface area contributed by atoms with Gasteiger partial charge in [0.05, 0.1) is 4.90 Å². The van der Waals surface area contributed by atoms with Crippen LogP contribution in [0.25, 0.3) is 0 Å². The van der Waals surface area contributed by atoms with Gasteiger partial charge >= 0.3 is 0 Å². The Morgan fingerprint density at radius 1 is 1.38 bits per heavy atom. The second-order valence-corrected chi connectivity index (χ2v) is 4.71. The average molecular weight is 216 g/mol. The Labute approximate surface area is 85.0 Å². The molecule has 0 radical (unpaired) electrons. The van der Waals surface area contributed by atoms with Crippen molar-refractivity contribution in [1.82, 2.24) is 0 Å². The second-order valence-electron chi connectivity index (χ2n) is 2.57. The summed E-state index contributed by atoms with van der Waals surface area (Å²) < 4.78 is 19.4. The lowest BCUT2D eigenvalue weighted by Crippen LogP contribution is -1.87. The Morgan fingerprint density at radius 3 is 2.46 bits per heavy atom. The Balaban J connectivity index is 2.64. The minimum absolute atomic E-state index is 0.459. The van der Waals surface area contributed by atoms with Gasteiger partial charge in [-0.1, -0.05) is 6.92 Å². The van der Waals surface area contributed by atoms with Crippen LogP contribution < -0.4 is 0 Å². The smallest absolute Gasteiger partial charge is 0.186 e. The zero-order valence-corrected chi connectivity index (χ0v) is 9.03. The average Bonchev–Trinajstić information content (AvgIpc) is 2.15. The molecule has 0 bridgehead atoms. The number of benzene rings is 1. The van der Waals surface area contributed by atoms with Gasteiger partial charge in [-0.2, -0.15) is 0 Å². The van der Waals surface area contributed by atoms with Crippen molar-refractivity contribution in [2.24, 2.45) is 0 Å². The number of hydrogen-bond acceptors (Lipinski definition) is 2. The minimum Gasteiger partial charge on any atom is -0.302 e. The lowest BCUT2D eigenvalue weighted by molar-refractivity contribution is 0.564. The van der Waals surface area contributed by atoms with Crippen molar-refractivity contribution in [3.8, 4) is 0 Å². The molecular weight excluding hydrogens is 204 g/mol. The Bertz CT molecular complexity index is 282. The summed E-state index contributed by atoms with van der Waals surface area (Å²) in [4.78, 5) is 1.61. The molecule has 0 heterocycles. The van der Waals surface area contributed by atoms with Crippen molar-refractivity contribution in [1.29, 1.82) is 0 Å². The summed E-state index contributed by atoms with van der Waals surface area (Å²) in [6.45, 7) is 2.13. The second kappa shape index (κ2) is 5.42. The van der Waals surface area contributed by atoms with E-state index in [4.69, 9.17) is 4.55 Å².